The maximum atomic E-state index is 11.9. The number of allylic oxidation sites excluding steroid dienone is 1. The molecular formula is C15H16N2O. The van der Waals surface area contributed by atoms with E-state index in [1.165, 1.54) is 0 Å². The van der Waals surface area contributed by atoms with E-state index in [-0.39, 0.29) is 5.56 Å². The summed E-state index contributed by atoms with van der Waals surface area (Å²) in [5.74, 6) is 0.819. The van der Waals surface area contributed by atoms with Crippen molar-refractivity contribution in [2.24, 2.45) is 0 Å². The van der Waals surface area contributed by atoms with E-state index < -0.39 is 0 Å². The highest BCUT2D eigenvalue weighted by atomic mass is 16.1. The first-order chi connectivity index (χ1) is 8.83. The van der Waals surface area contributed by atoms with Crippen molar-refractivity contribution >= 4 is 16.6 Å². The molecule has 3 heteroatoms. The molecule has 1 unspecified atom stereocenters. The predicted molar refractivity (Wildman–Crippen MR) is 75.0 cm³/mol. The summed E-state index contributed by atoms with van der Waals surface area (Å²) in [6.45, 7) is 0. The van der Waals surface area contributed by atoms with Crippen LogP contribution in [-0.2, 0) is 0 Å². The molecule has 92 valence electrons. The van der Waals surface area contributed by atoms with Crippen molar-refractivity contribution in [3.63, 3.8) is 0 Å². The highest BCUT2D eigenvalue weighted by molar-refractivity contribution is 5.83. The van der Waals surface area contributed by atoms with E-state index in [0.29, 0.717) is 6.04 Å². The van der Waals surface area contributed by atoms with Gasteiger partial charge in [-0.3, -0.25) is 4.79 Å². The molecule has 0 aliphatic heterocycles. The number of nitrogens with one attached hydrogen (secondary N) is 2. The molecular weight excluding hydrogens is 224 g/mol. The number of rotatable bonds is 2. The Morgan fingerprint density at radius 1 is 1.22 bits per heavy atom. The van der Waals surface area contributed by atoms with Gasteiger partial charge in [-0.15, -0.1) is 0 Å². The maximum absolute atomic E-state index is 11.9. The Morgan fingerprint density at radius 2 is 2.11 bits per heavy atom. The van der Waals surface area contributed by atoms with Gasteiger partial charge in [-0.1, -0.05) is 30.4 Å². The van der Waals surface area contributed by atoms with Crippen LogP contribution in [-0.4, -0.2) is 11.0 Å². The van der Waals surface area contributed by atoms with Gasteiger partial charge in [0, 0.05) is 11.4 Å². The normalized spacial score (nSPS) is 19.0. The number of pyridine rings is 1. The molecule has 0 radical (unpaired) electrons. The molecule has 0 bridgehead atoms. The summed E-state index contributed by atoms with van der Waals surface area (Å²) in [6, 6.07) is 10.1. The van der Waals surface area contributed by atoms with Crippen LogP contribution in [0.15, 0.2) is 47.3 Å². The Morgan fingerprint density at radius 3 is 2.94 bits per heavy atom. The highest BCUT2D eigenvalue weighted by Crippen LogP contribution is 2.18. The predicted octanol–water partition coefficient (Wildman–Crippen LogP) is 3.05. The second kappa shape index (κ2) is 4.69. The molecule has 1 aliphatic rings. The standard InChI is InChI=1S/C15H16N2O/c18-15-13-9-5-4-6-11(13)10-14(17-15)16-12-7-2-1-3-8-12/h1-2,4-6,9-10,12H,3,7-8H2,(H2,16,17,18). The average Bonchev–Trinajstić information content (AvgIpc) is 2.40. The van der Waals surface area contributed by atoms with Crippen LogP contribution >= 0.6 is 0 Å². The van der Waals surface area contributed by atoms with Crippen LogP contribution in [0.3, 0.4) is 0 Å². The van der Waals surface area contributed by atoms with E-state index >= 15 is 0 Å². The number of benzene rings is 1. The van der Waals surface area contributed by atoms with Crippen LogP contribution in [0.2, 0.25) is 0 Å². The monoisotopic (exact) mass is 240 g/mol. The van der Waals surface area contributed by atoms with E-state index in [0.717, 1.165) is 35.9 Å². The zero-order valence-corrected chi connectivity index (χ0v) is 10.1. The first-order valence-corrected chi connectivity index (χ1v) is 6.36. The topological polar surface area (TPSA) is 44.9 Å². The van der Waals surface area contributed by atoms with Gasteiger partial charge in [-0.05, 0) is 36.8 Å². The van der Waals surface area contributed by atoms with Gasteiger partial charge in [-0.2, -0.15) is 0 Å². The molecule has 0 fully saturated rings. The molecule has 1 aromatic heterocycles. The SMILES string of the molecule is O=c1[nH]c(NC2CC=CCC2)cc2ccccc12. The number of H-pyrrole nitrogens is 1. The van der Waals surface area contributed by atoms with Crippen LogP contribution in [0.5, 0.6) is 0 Å². The van der Waals surface area contributed by atoms with Crippen LogP contribution < -0.4 is 10.9 Å². The Labute approximate surface area is 106 Å². The van der Waals surface area contributed by atoms with Gasteiger partial charge in [0.15, 0.2) is 0 Å². The highest BCUT2D eigenvalue weighted by Gasteiger charge is 2.10. The second-order valence-corrected chi connectivity index (χ2v) is 4.73. The zero-order chi connectivity index (χ0) is 12.4. The Bertz CT molecular complexity index is 642. The molecule has 0 saturated heterocycles. The summed E-state index contributed by atoms with van der Waals surface area (Å²) in [6.07, 6.45) is 7.65. The summed E-state index contributed by atoms with van der Waals surface area (Å²) >= 11 is 0. The molecule has 3 nitrogen and oxygen atoms in total. The number of hydrogen-bond donors (Lipinski definition) is 2. The van der Waals surface area contributed by atoms with Gasteiger partial charge in [0.25, 0.3) is 5.56 Å². The largest absolute Gasteiger partial charge is 0.368 e. The van der Waals surface area contributed by atoms with Gasteiger partial charge in [0.2, 0.25) is 0 Å². The van der Waals surface area contributed by atoms with Crippen LogP contribution in [0.4, 0.5) is 5.82 Å². The van der Waals surface area contributed by atoms with E-state index in [1.54, 1.807) is 0 Å². The summed E-state index contributed by atoms with van der Waals surface area (Å²) in [5.41, 5.74) is -0.0260. The minimum absolute atomic E-state index is 0.0260. The number of aromatic amines is 1. The third-order valence-electron chi connectivity index (χ3n) is 3.38. The fraction of sp³-hybridized carbons (Fsp3) is 0.267. The molecule has 18 heavy (non-hydrogen) atoms. The molecule has 2 aromatic rings. The molecule has 3 rings (SSSR count). The minimum Gasteiger partial charge on any atom is -0.368 e. The summed E-state index contributed by atoms with van der Waals surface area (Å²) in [7, 11) is 0. The Kier molecular flexibility index (Phi) is 2.89. The van der Waals surface area contributed by atoms with E-state index in [9.17, 15) is 4.79 Å². The third kappa shape index (κ3) is 2.16. The number of aromatic nitrogens is 1. The maximum Gasteiger partial charge on any atom is 0.257 e. The molecule has 1 aliphatic carbocycles. The van der Waals surface area contributed by atoms with Crippen molar-refractivity contribution in [1.29, 1.82) is 0 Å². The van der Waals surface area contributed by atoms with Gasteiger partial charge in [-0.25, -0.2) is 0 Å². The molecule has 1 heterocycles. The fourth-order valence-corrected chi connectivity index (χ4v) is 2.43. The molecule has 0 saturated carbocycles. The van der Waals surface area contributed by atoms with Gasteiger partial charge in [0.05, 0.1) is 0 Å². The van der Waals surface area contributed by atoms with Crippen molar-refractivity contribution < 1.29 is 0 Å². The first-order valence-electron chi connectivity index (χ1n) is 6.36. The molecule has 1 aromatic carbocycles. The van der Waals surface area contributed by atoms with E-state index in [4.69, 9.17) is 0 Å². The Hall–Kier alpha value is -2.03. The summed E-state index contributed by atoms with van der Waals surface area (Å²) in [5, 5.41) is 5.13. The molecule has 2 N–H and O–H groups in total. The first kappa shape index (κ1) is 11.1. The fourth-order valence-electron chi connectivity index (χ4n) is 2.43. The lowest BCUT2D eigenvalue weighted by atomic mass is 10.0. The number of fused-ring (bicyclic) bond motifs is 1. The van der Waals surface area contributed by atoms with Gasteiger partial charge in [0.1, 0.15) is 5.82 Å². The van der Waals surface area contributed by atoms with Crippen molar-refractivity contribution in [3.8, 4) is 0 Å². The lowest BCUT2D eigenvalue weighted by molar-refractivity contribution is 0.642. The van der Waals surface area contributed by atoms with E-state index in [1.807, 2.05) is 30.3 Å². The summed E-state index contributed by atoms with van der Waals surface area (Å²) < 4.78 is 0. The Balaban J connectivity index is 1.93. The van der Waals surface area contributed by atoms with Crippen LogP contribution in [0, 0.1) is 0 Å². The zero-order valence-electron chi connectivity index (χ0n) is 10.1. The second-order valence-electron chi connectivity index (χ2n) is 4.73. The lowest BCUT2D eigenvalue weighted by Crippen LogP contribution is -2.22. The average molecular weight is 240 g/mol. The van der Waals surface area contributed by atoms with Crippen molar-refractivity contribution in [1.82, 2.24) is 4.98 Å². The third-order valence-corrected chi connectivity index (χ3v) is 3.38. The quantitative estimate of drug-likeness (QED) is 0.792. The van der Waals surface area contributed by atoms with Crippen LogP contribution in [0.1, 0.15) is 19.3 Å². The number of anilines is 1. The molecule has 0 spiro atoms. The molecule has 1 atom stereocenters. The minimum atomic E-state index is -0.0260. The van der Waals surface area contributed by atoms with Gasteiger partial charge < -0.3 is 10.3 Å². The number of hydrogen-bond acceptors (Lipinski definition) is 2. The van der Waals surface area contributed by atoms with Crippen molar-refractivity contribution in [2.75, 3.05) is 5.32 Å². The van der Waals surface area contributed by atoms with Crippen molar-refractivity contribution in [2.45, 2.75) is 25.3 Å². The van der Waals surface area contributed by atoms with Crippen molar-refractivity contribution in [3.05, 3.63) is 52.8 Å². The van der Waals surface area contributed by atoms with E-state index in [2.05, 4.69) is 22.5 Å². The smallest absolute Gasteiger partial charge is 0.257 e. The summed E-state index contributed by atoms with van der Waals surface area (Å²) in [4.78, 5) is 14.8. The van der Waals surface area contributed by atoms with Gasteiger partial charge >= 0.3 is 0 Å². The van der Waals surface area contributed by atoms with Crippen LogP contribution in [0.25, 0.3) is 10.8 Å². The molecule has 0 amide bonds. The lowest BCUT2D eigenvalue weighted by Gasteiger charge is -2.20.